The Morgan fingerprint density at radius 3 is 1.40 bits per heavy atom. The molecule has 0 saturated heterocycles. The van der Waals surface area contributed by atoms with Gasteiger partial charge in [0.25, 0.3) is 0 Å². The van der Waals surface area contributed by atoms with E-state index in [1.54, 1.807) is 0 Å². The van der Waals surface area contributed by atoms with Gasteiger partial charge in [-0.3, -0.25) is 0 Å². The zero-order valence-corrected chi connectivity index (χ0v) is 11.7. The maximum Gasteiger partial charge on any atom is 0 e. The van der Waals surface area contributed by atoms with Crippen LogP contribution in [0.3, 0.4) is 0 Å². The van der Waals surface area contributed by atoms with E-state index in [2.05, 4.69) is 0 Å². The molecule has 22 valence electrons. The maximum atomic E-state index is 8.25. The van der Waals surface area contributed by atoms with Crippen molar-refractivity contribution in [3.05, 3.63) is 0 Å². The predicted octanol–water partition coefficient (Wildman–Crippen LogP) is -3.01. The summed E-state index contributed by atoms with van der Waals surface area (Å²) in [6.45, 7) is 0. The van der Waals surface area contributed by atoms with Gasteiger partial charge in [0.2, 0.25) is 0 Å². The number of hydrogen-bond acceptors (Lipinski definition) is 1. The average Bonchev–Trinajstić information content (AvgIpc) is 1.00. The third-order valence-corrected chi connectivity index (χ3v) is 0. The van der Waals surface area contributed by atoms with Gasteiger partial charge in [0.15, 0.2) is 0 Å². The van der Waals surface area contributed by atoms with Crippen LogP contribution in [-0.2, 0) is 60.3 Å². The summed E-state index contributed by atoms with van der Waals surface area (Å²) in [7, 11) is 0. The van der Waals surface area contributed by atoms with Crippen LogP contribution in [0.15, 0.2) is 0 Å². The molecular weight excluding hydrogens is 224 g/mol. The minimum absolute atomic E-state index is 0. The Hall–Kier alpha value is 3.29. The van der Waals surface area contributed by atoms with Crippen molar-refractivity contribution in [3.63, 3.8) is 0 Å². The van der Waals surface area contributed by atoms with Gasteiger partial charge in [-0.2, -0.15) is 0 Å². The molecule has 0 heterocycles. The molecule has 0 spiro atoms. The van der Waals surface area contributed by atoms with Gasteiger partial charge >= 0.3 is 75.1 Å². The molecule has 0 saturated carbocycles. The summed E-state index contributed by atoms with van der Waals surface area (Å²) in [5, 5.41) is 0. The largest absolute Gasteiger partial charge is 0 e. The van der Waals surface area contributed by atoms with Gasteiger partial charge in [-0.05, 0) is 0 Å². The van der Waals surface area contributed by atoms with Crippen LogP contribution in [0.25, 0.3) is 0 Å². The smallest absolute Gasteiger partial charge is 0 e. The van der Waals surface area contributed by atoms with Crippen molar-refractivity contribution in [1.82, 2.24) is 0 Å². The average molecular weight is 225 g/mol. The molecule has 0 aliphatic rings. The SMILES string of the molecule is [Fe].[H-].[K+].[O]=[Ti].[Zn]. The summed E-state index contributed by atoms with van der Waals surface area (Å²) in [5.41, 5.74) is 0. The Labute approximate surface area is 110 Å². The Bertz CT molecular complexity index is 15.5. The summed E-state index contributed by atoms with van der Waals surface area (Å²) in [5.74, 6) is 0. The maximum absolute atomic E-state index is 8.25. The molecule has 0 fully saturated rings. The molecule has 0 N–H and O–H groups in total. The molecule has 0 amide bonds. The quantitative estimate of drug-likeness (QED) is 0.401. The van der Waals surface area contributed by atoms with Crippen LogP contribution in [0.5, 0.6) is 0 Å². The van der Waals surface area contributed by atoms with Gasteiger partial charge in [-0.1, -0.05) is 0 Å². The minimum atomic E-state index is 0. The molecule has 0 radical (unpaired) electrons. The zero-order chi connectivity index (χ0) is 2.00. The van der Waals surface area contributed by atoms with Gasteiger partial charge in [-0.15, -0.1) is 0 Å². The Balaban J connectivity index is -0.000000000833. The normalized spacial score (nSPS) is 0.600. The van der Waals surface area contributed by atoms with E-state index in [9.17, 15) is 0 Å². The van der Waals surface area contributed by atoms with Crippen LogP contribution >= 0.6 is 0 Å². The molecule has 0 rings (SSSR count). The second kappa shape index (κ2) is 26.6. The van der Waals surface area contributed by atoms with Gasteiger partial charge in [0.05, 0.1) is 0 Å². The van der Waals surface area contributed by atoms with Crippen molar-refractivity contribution in [2.24, 2.45) is 0 Å². The molecule has 0 bridgehead atoms. The number of rotatable bonds is 0. The van der Waals surface area contributed by atoms with E-state index in [-0.39, 0.29) is 89.4 Å². The molecule has 0 aromatic carbocycles. The topological polar surface area (TPSA) is 17.1 Å². The van der Waals surface area contributed by atoms with Crippen LogP contribution in [0.4, 0.5) is 0 Å². The summed E-state index contributed by atoms with van der Waals surface area (Å²) in [6, 6.07) is 0. The zero-order valence-electron chi connectivity index (χ0n) is 3.97. The second-order valence-corrected chi connectivity index (χ2v) is 0. The van der Waals surface area contributed by atoms with Crippen LogP contribution in [0.1, 0.15) is 1.43 Å². The second-order valence-electron chi connectivity index (χ2n) is 0. The standard InChI is InChI=1S/Fe.K.O.Ti.Zn.H/q;+1;;;;-1. The van der Waals surface area contributed by atoms with Gasteiger partial charge in [0, 0.05) is 36.5 Å². The first-order valence-electron chi connectivity index (χ1n) is 0.204. The van der Waals surface area contributed by atoms with Gasteiger partial charge in [0.1, 0.15) is 0 Å². The predicted molar refractivity (Wildman–Crippen MR) is 1.80 cm³/mol. The molecule has 0 atom stereocenters. The van der Waals surface area contributed by atoms with Crippen molar-refractivity contribution in [2.75, 3.05) is 0 Å². The van der Waals surface area contributed by atoms with E-state index in [4.69, 9.17) is 3.32 Å². The van der Waals surface area contributed by atoms with E-state index >= 15 is 0 Å². The van der Waals surface area contributed by atoms with Gasteiger partial charge in [-0.25, -0.2) is 0 Å². The van der Waals surface area contributed by atoms with Crippen LogP contribution < -0.4 is 51.4 Å². The summed E-state index contributed by atoms with van der Waals surface area (Å²) < 4.78 is 8.25. The first-order chi connectivity index (χ1) is 1.00. The Morgan fingerprint density at radius 1 is 1.40 bits per heavy atom. The third kappa shape index (κ3) is 18.8. The molecule has 0 unspecified atom stereocenters. The van der Waals surface area contributed by atoms with Crippen molar-refractivity contribution in [2.45, 2.75) is 0 Å². The van der Waals surface area contributed by atoms with Crippen LogP contribution in [0, 0.1) is 0 Å². The van der Waals surface area contributed by atoms with Gasteiger partial charge < -0.3 is 1.43 Å². The first-order valence-corrected chi connectivity index (χ1v) is 0.842. The molecular formula is HFeKOTiZn. The molecule has 0 aliphatic carbocycles. The molecule has 0 aromatic heterocycles. The minimum Gasteiger partial charge on any atom is 0 e. The summed E-state index contributed by atoms with van der Waals surface area (Å²) in [6.07, 6.45) is 0. The molecule has 0 aromatic rings. The third-order valence-electron chi connectivity index (χ3n) is 0. The summed E-state index contributed by atoms with van der Waals surface area (Å²) in [4.78, 5) is 0. The fourth-order valence-electron chi connectivity index (χ4n) is 0. The Morgan fingerprint density at radius 2 is 1.40 bits per heavy atom. The summed E-state index contributed by atoms with van der Waals surface area (Å²) >= 11 is 0.750. The molecule has 0 aliphatic heterocycles. The van der Waals surface area contributed by atoms with Crippen LogP contribution in [0.2, 0.25) is 0 Å². The fraction of sp³-hybridized carbons (Fsp3) is 0. The van der Waals surface area contributed by atoms with E-state index < -0.39 is 0 Å². The van der Waals surface area contributed by atoms with Crippen LogP contribution in [-0.4, -0.2) is 0 Å². The van der Waals surface area contributed by atoms with E-state index in [0.29, 0.717) is 0 Å². The van der Waals surface area contributed by atoms with E-state index in [0.717, 1.165) is 20.4 Å². The van der Waals surface area contributed by atoms with Crippen molar-refractivity contribution in [3.8, 4) is 0 Å². The van der Waals surface area contributed by atoms with Crippen molar-refractivity contribution < 1.29 is 113 Å². The molecule has 5 heavy (non-hydrogen) atoms. The van der Waals surface area contributed by atoms with E-state index in [1.165, 1.54) is 0 Å². The Kier molecular flexibility index (Phi) is 127. The first kappa shape index (κ1) is 23.9. The van der Waals surface area contributed by atoms with E-state index in [1.807, 2.05) is 0 Å². The molecule has 5 heteroatoms. The monoisotopic (exact) mass is 224 g/mol. The fourth-order valence-corrected chi connectivity index (χ4v) is 0. The van der Waals surface area contributed by atoms with Crippen molar-refractivity contribution >= 4 is 0 Å². The molecule has 1 nitrogen and oxygen atoms in total. The van der Waals surface area contributed by atoms with Crippen molar-refractivity contribution in [1.29, 1.82) is 0 Å². The number of hydrogen-bond donors (Lipinski definition) is 0.